The van der Waals surface area contributed by atoms with Crippen LogP contribution in [0, 0.1) is 0 Å². The van der Waals surface area contributed by atoms with Crippen LogP contribution in [0.1, 0.15) is 15.9 Å². The molecule has 0 aliphatic rings. The molecule has 0 radical (unpaired) electrons. The molecule has 1 aromatic rings. The van der Waals surface area contributed by atoms with E-state index < -0.39 is 11.2 Å². The molecule has 1 aromatic carbocycles. The molecule has 0 fully saturated rings. The summed E-state index contributed by atoms with van der Waals surface area (Å²) in [7, 11) is 1.31. The van der Waals surface area contributed by atoms with Gasteiger partial charge in [-0.15, -0.1) is 0 Å². The second kappa shape index (κ2) is 4.77. The maximum absolute atomic E-state index is 11.1. The first-order valence-electron chi connectivity index (χ1n) is 3.99. The summed E-state index contributed by atoms with van der Waals surface area (Å²) in [6, 6.07) is 6.62. The van der Waals surface area contributed by atoms with Gasteiger partial charge >= 0.3 is 5.97 Å². The minimum Gasteiger partial charge on any atom is -0.465 e. The summed E-state index contributed by atoms with van der Waals surface area (Å²) >= 11 is 5.22. The van der Waals surface area contributed by atoms with Gasteiger partial charge in [0, 0.05) is 6.42 Å². The number of esters is 1. The molecule has 14 heavy (non-hydrogen) atoms. The second-order valence-electron chi connectivity index (χ2n) is 2.72. The highest BCUT2D eigenvalue weighted by Gasteiger charge is 2.06. The number of methoxy groups -OCH3 is 1. The van der Waals surface area contributed by atoms with Crippen LogP contribution in [0.15, 0.2) is 24.3 Å². The maximum Gasteiger partial charge on any atom is 0.337 e. The van der Waals surface area contributed by atoms with E-state index in [9.17, 15) is 9.59 Å². The van der Waals surface area contributed by atoms with E-state index in [1.165, 1.54) is 7.11 Å². The van der Waals surface area contributed by atoms with Gasteiger partial charge in [-0.1, -0.05) is 12.1 Å². The number of carbonyl (C=O) groups is 2. The van der Waals surface area contributed by atoms with E-state index in [-0.39, 0.29) is 6.42 Å². The summed E-state index contributed by atoms with van der Waals surface area (Å²) in [4.78, 5) is 21.7. The molecule has 4 heteroatoms. The standard InChI is InChI=1S/C10H9ClO3/c1-14-10(13)8-4-2-3-7(5-8)6-9(11)12/h2-5H,6H2,1H3. The number of halogens is 1. The van der Waals surface area contributed by atoms with Gasteiger partial charge in [0.25, 0.3) is 0 Å². The predicted octanol–water partition coefficient (Wildman–Crippen LogP) is 1.78. The van der Waals surface area contributed by atoms with Crippen molar-refractivity contribution >= 4 is 22.8 Å². The molecule has 0 aliphatic heterocycles. The van der Waals surface area contributed by atoms with Crippen LogP contribution < -0.4 is 0 Å². The minimum absolute atomic E-state index is 0.117. The van der Waals surface area contributed by atoms with E-state index in [2.05, 4.69) is 4.74 Å². The van der Waals surface area contributed by atoms with E-state index in [0.717, 1.165) is 0 Å². The van der Waals surface area contributed by atoms with E-state index in [4.69, 9.17) is 11.6 Å². The average molecular weight is 213 g/mol. The van der Waals surface area contributed by atoms with Gasteiger partial charge in [-0.05, 0) is 29.3 Å². The molecule has 0 spiro atoms. The number of hydrogen-bond acceptors (Lipinski definition) is 3. The van der Waals surface area contributed by atoms with Crippen LogP contribution in [0.4, 0.5) is 0 Å². The van der Waals surface area contributed by atoms with Crippen molar-refractivity contribution in [1.82, 2.24) is 0 Å². The van der Waals surface area contributed by atoms with Crippen molar-refractivity contribution in [2.24, 2.45) is 0 Å². The van der Waals surface area contributed by atoms with E-state index >= 15 is 0 Å². The predicted molar refractivity (Wildman–Crippen MR) is 52.3 cm³/mol. The van der Waals surface area contributed by atoms with Crippen LogP contribution in [0.25, 0.3) is 0 Å². The van der Waals surface area contributed by atoms with Gasteiger partial charge < -0.3 is 4.74 Å². The Hall–Kier alpha value is -1.35. The van der Waals surface area contributed by atoms with Gasteiger partial charge in [0.05, 0.1) is 12.7 Å². The van der Waals surface area contributed by atoms with E-state index in [0.29, 0.717) is 11.1 Å². The molecular formula is C10H9ClO3. The van der Waals surface area contributed by atoms with Crippen molar-refractivity contribution in [3.63, 3.8) is 0 Å². The smallest absolute Gasteiger partial charge is 0.337 e. The quantitative estimate of drug-likeness (QED) is 0.567. The fourth-order valence-corrected chi connectivity index (χ4v) is 1.24. The number of rotatable bonds is 3. The fourth-order valence-electron chi connectivity index (χ4n) is 1.09. The number of hydrogen-bond donors (Lipinski definition) is 0. The van der Waals surface area contributed by atoms with Crippen molar-refractivity contribution in [1.29, 1.82) is 0 Å². The van der Waals surface area contributed by atoms with Gasteiger partial charge in [-0.25, -0.2) is 4.79 Å². The van der Waals surface area contributed by atoms with Crippen LogP contribution in [0.5, 0.6) is 0 Å². The Morgan fingerprint density at radius 3 is 2.71 bits per heavy atom. The molecule has 0 atom stereocenters. The fraction of sp³-hybridized carbons (Fsp3) is 0.200. The summed E-state index contributed by atoms with van der Waals surface area (Å²) < 4.78 is 4.54. The maximum atomic E-state index is 11.1. The van der Waals surface area contributed by atoms with Crippen molar-refractivity contribution in [2.45, 2.75) is 6.42 Å². The molecule has 0 saturated heterocycles. The van der Waals surface area contributed by atoms with E-state index in [1.807, 2.05) is 0 Å². The van der Waals surface area contributed by atoms with Crippen LogP contribution in [-0.2, 0) is 16.0 Å². The van der Waals surface area contributed by atoms with Crippen molar-refractivity contribution < 1.29 is 14.3 Å². The first-order valence-corrected chi connectivity index (χ1v) is 4.37. The highest BCUT2D eigenvalue weighted by atomic mass is 35.5. The lowest BCUT2D eigenvalue weighted by Gasteiger charge is -2.01. The average Bonchev–Trinajstić information content (AvgIpc) is 2.16. The number of ether oxygens (including phenoxy) is 1. The van der Waals surface area contributed by atoms with Crippen LogP contribution in [0.3, 0.4) is 0 Å². The molecule has 0 bridgehead atoms. The zero-order valence-corrected chi connectivity index (χ0v) is 8.38. The Balaban J connectivity index is 2.89. The summed E-state index contributed by atoms with van der Waals surface area (Å²) in [5.74, 6) is -0.422. The zero-order chi connectivity index (χ0) is 10.6. The Morgan fingerprint density at radius 2 is 2.14 bits per heavy atom. The molecule has 74 valence electrons. The molecule has 0 saturated carbocycles. The topological polar surface area (TPSA) is 43.4 Å². The normalized spacial score (nSPS) is 9.57. The first-order chi connectivity index (χ1) is 6.63. The summed E-state index contributed by atoms with van der Waals surface area (Å²) in [6.45, 7) is 0. The SMILES string of the molecule is COC(=O)c1cccc(CC(=O)Cl)c1. The van der Waals surface area contributed by atoms with Crippen molar-refractivity contribution in [2.75, 3.05) is 7.11 Å². The Bertz CT molecular complexity index is 360. The molecule has 3 nitrogen and oxygen atoms in total. The molecule has 0 amide bonds. The second-order valence-corrected chi connectivity index (χ2v) is 3.15. The van der Waals surface area contributed by atoms with Crippen molar-refractivity contribution in [3.05, 3.63) is 35.4 Å². The van der Waals surface area contributed by atoms with Crippen molar-refractivity contribution in [3.8, 4) is 0 Å². The lowest BCUT2D eigenvalue weighted by molar-refractivity contribution is -0.111. The summed E-state index contributed by atoms with van der Waals surface area (Å²) in [6.07, 6.45) is 0.117. The molecule has 1 rings (SSSR count). The highest BCUT2D eigenvalue weighted by Crippen LogP contribution is 2.08. The third-order valence-corrected chi connectivity index (χ3v) is 1.82. The molecule has 0 N–H and O–H groups in total. The molecule has 0 unspecified atom stereocenters. The van der Waals surface area contributed by atoms with Gasteiger partial charge in [0.2, 0.25) is 5.24 Å². The molecular weight excluding hydrogens is 204 g/mol. The lowest BCUT2D eigenvalue weighted by Crippen LogP contribution is -2.02. The van der Waals surface area contributed by atoms with Gasteiger partial charge in [0.15, 0.2) is 0 Å². The summed E-state index contributed by atoms with van der Waals surface area (Å²) in [5.41, 5.74) is 1.12. The molecule has 0 aliphatic carbocycles. The van der Waals surface area contributed by atoms with Gasteiger partial charge in [0.1, 0.15) is 0 Å². The third-order valence-electron chi connectivity index (χ3n) is 1.69. The Morgan fingerprint density at radius 1 is 1.43 bits per heavy atom. The monoisotopic (exact) mass is 212 g/mol. The number of carbonyl (C=O) groups excluding carboxylic acids is 2. The van der Waals surface area contributed by atoms with Gasteiger partial charge in [-0.2, -0.15) is 0 Å². The molecule has 0 heterocycles. The Kier molecular flexibility index (Phi) is 3.65. The molecule has 0 aromatic heterocycles. The minimum atomic E-state index is -0.452. The third kappa shape index (κ3) is 2.85. The first kappa shape index (κ1) is 10.7. The van der Waals surface area contributed by atoms with Crippen LogP contribution in [0.2, 0.25) is 0 Å². The van der Waals surface area contributed by atoms with Gasteiger partial charge in [-0.3, -0.25) is 4.79 Å². The van der Waals surface area contributed by atoms with E-state index in [1.54, 1.807) is 24.3 Å². The zero-order valence-electron chi connectivity index (χ0n) is 7.62. The van der Waals surface area contributed by atoms with Crippen LogP contribution >= 0.6 is 11.6 Å². The lowest BCUT2D eigenvalue weighted by atomic mass is 10.1. The Labute approximate surface area is 86.6 Å². The highest BCUT2D eigenvalue weighted by molar-refractivity contribution is 6.63. The van der Waals surface area contributed by atoms with Crippen LogP contribution in [-0.4, -0.2) is 18.3 Å². The summed E-state index contributed by atoms with van der Waals surface area (Å²) in [5, 5.41) is -0.452. The largest absolute Gasteiger partial charge is 0.465 e. The number of benzene rings is 1.